The summed E-state index contributed by atoms with van der Waals surface area (Å²) in [5.74, 6) is -0.226. The number of nitrogens with one attached hydrogen (secondary N) is 3. The predicted octanol–water partition coefficient (Wildman–Crippen LogP) is 0.830. The minimum absolute atomic E-state index is 0.226. The average Bonchev–Trinajstić information content (AvgIpc) is 2.89. The fourth-order valence-electron chi connectivity index (χ4n) is 1.49. The maximum absolute atomic E-state index is 11.8. The molecular weight excluding hydrogens is 246 g/mol. The van der Waals surface area contributed by atoms with E-state index in [2.05, 4.69) is 20.8 Å². The first-order chi connectivity index (χ1) is 9.15. The van der Waals surface area contributed by atoms with Crippen molar-refractivity contribution in [2.45, 2.75) is 6.54 Å². The van der Waals surface area contributed by atoms with Crippen LogP contribution in [-0.2, 0) is 6.54 Å². The first-order valence-corrected chi connectivity index (χ1v) is 5.57. The summed E-state index contributed by atoms with van der Waals surface area (Å²) in [5, 5.41) is 11.5. The van der Waals surface area contributed by atoms with E-state index in [4.69, 9.17) is 5.73 Å². The van der Waals surface area contributed by atoms with Crippen LogP contribution < -0.4 is 16.4 Å². The smallest absolute Gasteiger partial charge is 0.312 e. The number of rotatable bonds is 4. The molecule has 0 radical (unpaired) electrons. The Morgan fingerprint density at radius 2 is 2.00 bits per heavy atom. The van der Waals surface area contributed by atoms with Gasteiger partial charge in [-0.3, -0.25) is 9.89 Å². The van der Waals surface area contributed by atoms with Gasteiger partial charge in [0.15, 0.2) is 0 Å². The molecule has 98 valence electrons. The summed E-state index contributed by atoms with van der Waals surface area (Å²) in [4.78, 5) is 22.4. The lowest BCUT2D eigenvalue weighted by atomic mass is 10.1. The number of carbonyl (C=O) groups excluding carboxylic acids is 2. The number of nitrogens with zero attached hydrogens (tertiary/aromatic N) is 1. The minimum Gasteiger partial charge on any atom is -0.352 e. The number of anilines is 1. The van der Waals surface area contributed by atoms with Gasteiger partial charge in [0, 0.05) is 18.3 Å². The Labute approximate surface area is 109 Å². The molecule has 5 N–H and O–H groups in total. The van der Waals surface area contributed by atoms with E-state index in [1.54, 1.807) is 30.5 Å². The van der Waals surface area contributed by atoms with E-state index < -0.39 is 6.03 Å². The molecule has 0 saturated carbocycles. The van der Waals surface area contributed by atoms with Gasteiger partial charge in [-0.1, -0.05) is 12.1 Å². The molecule has 0 aliphatic carbocycles. The van der Waals surface area contributed by atoms with Crippen LogP contribution in [0.2, 0.25) is 0 Å². The van der Waals surface area contributed by atoms with Crippen LogP contribution in [0.3, 0.4) is 0 Å². The molecule has 3 amide bonds. The summed E-state index contributed by atoms with van der Waals surface area (Å²) in [6.45, 7) is 0.332. The van der Waals surface area contributed by atoms with E-state index >= 15 is 0 Å². The molecule has 0 fully saturated rings. The molecule has 1 heterocycles. The van der Waals surface area contributed by atoms with Crippen molar-refractivity contribution in [2.75, 3.05) is 5.32 Å². The number of primary amides is 1. The Morgan fingerprint density at radius 3 is 2.58 bits per heavy atom. The zero-order valence-electron chi connectivity index (χ0n) is 10.0. The zero-order valence-corrected chi connectivity index (χ0v) is 10.0. The number of aromatic nitrogens is 2. The Balaban J connectivity index is 1.97. The van der Waals surface area contributed by atoms with Crippen LogP contribution in [0.5, 0.6) is 0 Å². The largest absolute Gasteiger partial charge is 0.352 e. The standard InChI is InChI=1S/C12H13N5O2/c13-12(19)14-5-8-1-3-9(4-2-8)11(18)17-10-6-15-16-7-10/h1-4,6-7H,5H2,(H,15,16)(H,17,18)(H3,13,14,19). The van der Waals surface area contributed by atoms with Crippen LogP contribution in [0.25, 0.3) is 0 Å². The summed E-state index contributed by atoms with van der Waals surface area (Å²) in [6.07, 6.45) is 3.10. The summed E-state index contributed by atoms with van der Waals surface area (Å²) in [5.41, 5.74) is 6.95. The van der Waals surface area contributed by atoms with E-state index in [1.807, 2.05) is 0 Å². The number of nitrogens with two attached hydrogens (primary N) is 1. The second-order valence-electron chi connectivity index (χ2n) is 3.86. The van der Waals surface area contributed by atoms with E-state index in [-0.39, 0.29) is 5.91 Å². The molecule has 1 aromatic carbocycles. The Bertz CT molecular complexity index is 562. The van der Waals surface area contributed by atoms with Crippen LogP contribution >= 0.6 is 0 Å². The van der Waals surface area contributed by atoms with Crippen molar-refractivity contribution < 1.29 is 9.59 Å². The van der Waals surface area contributed by atoms with Gasteiger partial charge in [-0.2, -0.15) is 5.10 Å². The number of aromatic amines is 1. The quantitative estimate of drug-likeness (QED) is 0.652. The number of benzene rings is 1. The molecule has 0 bridgehead atoms. The van der Waals surface area contributed by atoms with Crippen molar-refractivity contribution in [1.29, 1.82) is 0 Å². The van der Waals surface area contributed by atoms with Crippen molar-refractivity contribution in [3.8, 4) is 0 Å². The minimum atomic E-state index is -0.582. The van der Waals surface area contributed by atoms with Crippen LogP contribution in [0.15, 0.2) is 36.7 Å². The number of hydrogen-bond acceptors (Lipinski definition) is 3. The predicted molar refractivity (Wildman–Crippen MR) is 69.4 cm³/mol. The lowest BCUT2D eigenvalue weighted by Crippen LogP contribution is -2.28. The molecule has 19 heavy (non-hydrogen) atoms. The molecule has 0 atom stereocenters. The maximum atomic E-state index is 11.8. The second-order valence-corrected chi connectivity index (χ2v) is 3.86. The fraction of sp³-hybridized carbons (Fsp3) is 0.0833. The normalized spacial score (nSPS) is 9.89. The van der Waals surface area contributed by atoms with Gasteiger partial charge in [-0.25, -0.2) is 4.79 Å². The third-order valence-corrected chi connectivity index (χ3v) is 2.44. The molecule has 0 saturated heterocycles. The highest BCUT2D eigenvalue weighted by Crippen LogP contribution is 2.08. The van der Waals surface area contributed by atoms with Crippen molar-refractivity contribution in [2.24, 2.45) is 5.73 Å². The van der Waals surface area contributed by atoms with Gasteiger partial charge in [-0.05, 0) is 17.7 Å². The Kier molecular flexibility index (Phi) is 3.77. The van der Waals surface area contributed by atoms with Gasteiger partial charge < -0.3 is 16.4 Å². The van der Waals surface area contributed by atoms with E-state index in [9.17, 15) is 9.59 Å². The molecular formula is C12H13N5O2. The average molecular weight is 259 g/mol. The summed E-state index contributed by atoms with van der Waals surface area (Å²) in [6, 6.07) is 6.27. The lowest BCUT2D eigenvalue weighted by molar-refractivity contribution is 0.102. The topological polar surface area (TPSA) is 113 Å². The van der Waals surface area contributed by atoms with Gasteiger partial charge in [0.1, 0.15) is 0 Å². The first-order valence-electron chi connectivity index (χ1n) is 5.57. The highest BCUT2D eigenvalue weighted by atomic mass is 16.2. The lowest BCUT2D eigenvalue weighted by Gasteiger charge is -2.05. The first kappa shape index (κ1) is 12.6. The van der Waals surface area contributed by atoms with Crippen LogP contribution in [0.1, 0.15) is 15.9 Å². The van der Waals surface area contributed by atoms with Crippen LogP contribution in [-0.4, -0.2) is 22.1 Å². The van der Waals surface area contributed by atoms with Gasteiger partial charge in [-0.15, -0.1) is 0 Å². The molecule has 0 aliphatic heterocycles. The van der Waals surface area contributed by atoms with Crippen molar-refractivity contribution in [1.82, 2.24) is 15.5 Å². The van der Waals surface area contributed by atoms with Crippen molar-refractivity contribution in [3.63, 3.8) is 0 Å². The number of H-pyrrole nitrogens is 1. The van der Waals surface area contributed by atoms with Crippen LogP contribution in [0.4, 0.5) is 10.5 Å². The number of carbonyl (C=O) groups is 2. The Morgan fingerprint density at radius 1 is 1.26 bits per heavy atom. The highest BCUT2D eigenvalue weighted by Gasteiger charge is 2.06. The molecule has 0 unspecified atom stereocenters. The fourth-order valence-corrected chi connectivity index (χ4v) is 1.49. The third-order valence-electron chi connectivity index (χ3n) is 2.44. The van der Waals surface area contributed by atoms with Crippen molar-refractivity contribution in [3.05, 3.63) is 47.8 Å². The summed E-state index contributed by atoms with van der Waals surface area (Å²) < 4.78 is 0. The molecule has 0 aliphatic rings. The SMILES string of the molecule is NC(=O)NCc1ccc(C(=O)Nc2cn[nH]c2)cc1. The zero-order chi connectivity index (χ0) is 13.7. The maximum Gasteiger partial charge on any atom is 0.312 e. The molecule has 1 aromatic heterocycles. The molecule has 7 heteroatoms. The van der Waals surface area contributed by atoms with E-state index in [0.717, 1.165) is 5.56 Å². The summed E-state index contributed by atoms with van der Waals surface area (Å²) in [7, 11) is 0. The van der Waals surface area contributed by atoms with E-state index in [0.29, 0.717) is 17.8 Å². The van der Waals surface area contributed by atoms with E-state index in [1.165, 1.54) is 6.20 Å². The van der Waals surface area contributed by atoms with Gasteiger partial charge in [0.25, 0.3) is 5.91 Å². The molecule has 7 nitrogen and oxygen atoms in total. The van der Waals surface area contributed by atoms with Crippen molar-refractivity contribution >= 4 is 17.6 Å². The molecule has 0 spiro atoms. The summed E-state index contributed by atoms with van der Waals surface area (Å²) >= 11 is 0. The third kappa shape index (κ3) is 3.56. The van der Waals surface area contributed by atoms with Gasteiger partial charge in [0.05, 0.1) is 11.9 Å². The molecule has 2 rings (SSSR count). The van der Waals surface area contributed by atoms with Crippen LogP contribution in [0, 0.1) is 0 Å². The van der Waals surface area contributed by atoms with Gasteiger partial charge in [0.2, 0.25) is 0 Å². The van der Waals surface area contributed by atoms with Gasteiger partial charge >= 0.3 is 6.03 Å². The molecule has 2 aromatic rings. The number of amides is 3. The number of hydrogen-bond donors (Lipinski definition) is 4. The monoisotopic (exact) mass is 259 g/mol. The second kappa shape index (κ2) is 5.67. The highest BCUT2D eigenvalue weighted by molar-refractivity contribution is 6.04. The Hall–Kier alpha value is -2.83. The number of urea groups is 1.